The molecule has 214 valence electrons. The molecule has 1 aliphatic rings. The largest absolute Gasteiger partial charge is 0.342 e. The van der Waals surface area contributed by atoms with Crippen molar-refractivity contribution in [1.29, 1.82) is 0 Å². The predicted octanol–water partition coefficient (Wildman–Crippen LogP) is 4.69. The molecule has 10 heteroatoms. The number of rotatable bonds is 10. The van der Waals surface area contributed by atoms with Gasteiger partial charge < -0.3 is 21.3 Å². The molecule has 3 aromatic carbocycles. The average molecular weight is 596 g/mol. The number of Topliss-reactive ketones (excluding diaryl/α,β-unsaturated/α-hetero) is 1. The number of benzene rings is 3. The minimum Gasteiger partial charge on any atom is -0.342 e. The first-order valence-electron chi connectivity index (χ1n) is 13.4. The van der Waals surface area contributed by atoms with Crippen LogP contribution in [0.3, 0.4) is 0 Å². The third-order valence-electron chi connectivity index (χ3n) is 7.20. The van der Waals surface area contributed by atoms with Crippen LogP contribution in [0.4, 0.5) is 5.69 Å². The maximum Gasteiger partial charge on any atom is 0.247 e. The van der Waals surface area contributed by atoms with Gasteiger partial charge in [-0.1, -0.05) is 77.8 Å². The second-order valence-corrected chi connectivity index (χ2v) is 10.7. The van der Waals surface area contributed by atoms with Crippen molar-refractivity contribution in [2.45, 2.75) is 51.2 Å². The molecule has 0 aliphatic carbocycles. The lowest BCUT2D eigenvalue weighted by Crippen LogP contribution is -2.56. The number of carbonyl (C=O) groups excluding carboxylic acids is 4. The maximum atomic E-state index is 13.7. The summed E-state index contributed by atoms with van der Waals surface area (Å²) >= 11 is 12.5. The van der Waals surface area contributed by atoms with E-state index in [1.807, 2.05) is 30.3 Å². The zero-order valence-corrected chi connectivity index (χ0v) is 24.2. The second kappa shape index (κ2) is 13.8. The summed E-state index contributed by atoms with van der Waals surface area (Å²) in [7, 11) is 0. The minimum atomic E-state index is -0.965. The van der Waals surface area contributed by atoms with Gasteiger partial charge in [-0.2, -0.15) is 0 Å². The number of amides is 3. The van der Waals surface area contributed by atoms with Crippen molar-refractivity contribution in [3.05, 3.63) is 99.0 Å². The van der Waals surface area contributed by atoms with Crippen LogP contribution in [0.2, 0.25) is 10.0 Å². The van der Waals surface area contributed by atoms with Gasteiger partial charge in [0.2, 0.25) is 17.7 Å². The summed E-state index contributed by atoms with van der Waals surface area (Å²) in [4.78, 5) is 54.4. The summed E-state index contributed by atoms with van der Waals surface area (Å²) in [5, 5.41) is 6.32. The molecule has 3 aromatic rings. The Hall–Kier alpha value is -3.72. The number of hydrogen-bond acceptors (Lipinski definition) is 5. The summed E-state index contributed by atoms with van der Waals surface area (Å²) in [6.45, 7) is 2.10. The number of halogens is 2. The molecule has 3 amide bonds. The zero-order chi connectivity index (χ0) is 29.5. The van der Waals surface area contributed by atoms with Gasteiger partial charge in [0.05, 0.1) is 10.7 Å². The van der Waals surface area contributed by atoms with Gasteiger partial charge in [-0.3, -0.25) is 19.2 Å². The smallest absolute Gasteiger partial charge is 0.247 e. The number of nitrogens with two attached hydrogens (primary N) is 1. The molecule has 1 aliphatic heterocycles. The van der Waals surface area contributed by atoms with E-state index in [0.29, 0.717) is 26.9 Å². The van der Waals surface area contributed by atoms with Gasteiger partial charge in [0.1, 0.15) is 12.1 Å². The van der Waals surface area contributed by atoms with Crippen LogP contribution in [0, 0.1) is 6.92 Å². The van der Waals surface area contributed by atoms with Crippen molar-refractivity contribution in [3.63, 3.8) is 0 Å². The van der Waals surface area contributed by atoms with Crippen molar-refractivity contribution in [1.82, 2.24) is 10.2 Å². The van der Waals surface area contributed by atoms with Gasteiger partial charge in [-0.25, -0.2) is 0 Å². The summed E-state index contributed by atoms with van der Waals surface area (Å²) in [6.07, 6.45) is 0.430. The Morgan fingerprint density at radius 3 is 2.34 bits per heavy atom. The molecule has 4 N–H and O–H groups in total. The van der Waals surface area contributed by atoms with Gasteiger partial charge >= 0.3 is 0 Å². The number of ketones is 1. The van der Waals surface area contributed by atoms with E-state index in [4.69, 9.17) is 28.9 Å². The lowest BCUT2D eigenvalue weighted by molar-refractivity contribution is -0.142. The molecule has 0 saturated heterocycles. The first-order chi connectivity index (χ1) is 19.7. The summed E-state index contributed by atoms with van der Waals surface area (Å²) in [5.41, 5.74) is 9.16. The summed E-state index contributed by atoms with van der Waals surface area (Å²) in [6, 6.07) is 17.8. The lowest BCUT2D eigenvalue weighted by atomic mass is 9.92. The normalized spacial score (nSPS) is 15.0. The van der Waals surface area contributed by atoms with Crippen LogP contribution in [-0.4, -0.2) is 47.0 Å². The minimum absolute atomic E-state index is 0.0226. The third kappa shape index (κ3) is 7.33. The molecule has 8 nitrogen and oxygen atoms in total. The monoisotopic (exact) mass is 594 g/mol. The maximum absolute atomic E-state index is 13.7. The highest BCUT2D eigenvalue weighted by atomic mass is 35.5. The van der Waals surface area contributed by atoms with Gasteiger partial charge in [0.25, 0.3) is 0 Å². The molecule has 0 unspecified atom stereocenters. The van der Waals surface area contributed by atoms with Gasteiger partial charge in [-0.15, -0.1) is 0 Å². The highest BCUT2D eigenvalue weighted by Gasteiger charge is 2.36. The fourth-order valence-corrected chi connectivity index (χ4v) is 5.25. The van der Waals surface area contributed by atoms with Crippen LogP contribution in [0.5, 0.6) is 0 Å². The summed E-state index contributed by atoms with van der Waals surface area (Å²) in [5.74, 6) is -1.43. The molecule has 0 bridgehead atoms. The first-order valence-corrected chi connectivity index (χ1v) is 14.2. The lowest BCUT2D eigenvalue weighted by Gasteiger charge is -2.36. The van der Waals surface area contributed by atoms with Crippen LogP contribution in [0.1, 0.15) is 46.3 Å². The third-order valence-corrected chi connectivity index (χ3v) is 8.10. The van der Waals surface area contributed by atoms with Crippen molar-refractivity contribution in [2.24, 2.45) is 5.73 Å². The van der Waals surface area contributed by atoms with Gasteiger partial charge in [0, 0.05) is 36.4 Å². The van der Waals surface area contributed by atoms with Crippen LogP contribution in [0.15, 0.2) is 66.7 Å². The van der Waals surface area contributed by atoms with E-state index in [2.05, 4.69) is 10.6 Å². The van der Waals surface area contributed by atoms with Gasteiger partial charge in [0.15, 0.2) is 5.78 Å². The van der Waals surface area contributed by atoms with E-state index >= 15 is 0 Å². The molecular weight excluding hydrogens is 563 g/mol. The molecule has 0 spiro atoms. The van der Waals surface area contributed by atoms with Crippen LogP contribution in [-0.2, 0) is 27.3 Å². The van der Waals surface area contributed by atoms with Crippen LogP contribution in [0.25, 0.3) is 0 Å². The Morgan fingerprint density at radius 2 is 1.63 bits per heavy atom. The fourth-order valence-electron chi connectivity index (χ4n) is 4.83. The van der Waals surface area contributed by atoms with E-state index < -0.39 is 23.9 Å². The number of nitrogens with zero attached hydrogens (tertiary/aromatic N) is 1. The Kier molecular flexibility index (Phi) is 10.2. The number of hydrogen-bond donors (Lipinski definition) is 3. The van der Waals surface area contributed by atoms with Gasteiger partial charge in [-0.05, 0) is 48.7 Å². The highest BCUT2D eigenvalue weighted by molar-refractivity contribution is 6.38. The Morgan fingerprint density at radius 1 is 0.951 bits per heavy atom. The van der Waals surface area contributed by atoms with E-state index in [9.17, 15) is 19.2 Å². The standard InChI is InChI=1S/C31H32Cl2N4O4/c1-19-23(32)11-12-24(29(19)33)35-30(40)25(15-16-34)36-31(41)26-17-21-9-5-6-10-22(21)18-37(26)28(39)14-13-27(38)20-7-3-2-4-8-20/h2-12,25-26H,13-18,34H2,1H3,(H,35,40)(H,36,41)/t25-,26-/m0/s1. The first kappa shape index (κ1) is 30.2. The Bertz CT molecular complexity index is 1450. The molecule has 2 atom stereocenters. The van der Waals surface area contributed by atoms with E-state index in [0.717, 1.165) is 11.1 Å². The Labute approximate surface area is 249 Å². The molecular formula is C31H32Cl2N4O4. The van der Waals surface area contributed by atoms with E-state index in [1.165, 1.54) is 4.90 Å². The SMILES string of the molecule is Cc1c(Cl)ccc(NC(=O)[C@H](CCN)NC(=O)[C@@H]2Cc3ccccc3CN2C(=O)CCC(=O)c2ccccc2)c1Cl. The number of fused-ring (bicyclic) bond motifs is 1. The molecule has 41 heavy (non-hydrogen) atoms. The number of anilines is 1. The molecule has 1 heterocycles. The van der Waals surface area contributed by atoms with E-state index in [-0.39, 0.29) is 50.5 Å². The van der Waals surface area contributed by atoms with E-state index in [1.54, 1.807) is 43.3 Å². The average Bonchev–Trinajstić information content (AvgIpc) is 2.99. The summed E-state index contributed by atoms with van der Waals surface area (Å²) < 4.78 is 0. The molecule has 0 fully saturated rings. The molecule has 4 rings (SSSR count). The molecule has 0 radical (unpaired) electrons. The van der Waals surface area contributed by atoms with Crippen LogP contribution >= 0.6 is 23.2 Å². The van der Waals surface area contributed by atoms with Crippen molar-refractivity contribution < 1.29 is 19.2 Å². The molecule has 0 aromatic heterocycles. The fraction of sp³-hybridized carbons (Fsp3) is 0.290. The van der Waals surface area contributed by atoms with Crippen LogP contribution < -0.4 is 16.4 Å². The number of nitrogens with one attached hydrogen (secondary N) is 2. The molecule has 0 saturated carbocycles. The number of carbonyl (C=O) groups is 4. The second-order valence-electron chi connectivity index (χ2n) is 9.96. The quantitative estimate of drug-likeness (QED) is 0.294. The highest BCUT2D eigenvalue weighted by Crippen LogP contribution is 2.31. The Balaban J connectivity index is 1.50. The topological polar surface area (TPSA) is 122 Å². The van der Waals surface area contributed by atoms with Crippen molar-refractivity contribution in [2.75, 3.05) is 11.9 Å². The zero-order valence-electron chi connectivity index (χ0n) is 22.7. The van der Waals surface area contributed by atoms with Crippen molar-refractivity contribution >= 4 is 52.4 Å². The van der Waals surface area contributed by atoms with Crippen molar-refractivity contribution in [3.8, 4) is 0 Å². The predicted molar refractivity (Wildman–Crippen MR) is 160 cm³/mol.